The van der Waals surface area contributed by atoms with Gasteiger partial charge in [0.2, 0.25) is 0 Å². The minimum Gasteiger partial charge on any atom is -0.457 e. The maximum absolute atomic E-state index is 13.5. The van der Waals surface area contributed by atoms with E-state index < -0.39 is 11.6 Å². The fraction of sp³-hybridized carbons (Fsp3) is 0. The maximum Gasteiger partial charge on any atom is 0.137 e. The molecule has 0 aromatic heterocycles. The van der Waals surface area contributed by atoms with Crippen LogP contribution in [0, 0.1) is 11.6 Å². The summed E-state index contributed by atoms with van der Waals surface area (Å²) >= 11 is 5.94. The SMILES string of the molecule is Nc1ccc(-c2cc(F)cc(F)c2)c(Oc2cccc(Cl)c2)c1. The molecule has 3 rings (SSSR count). The Morgan fingerprint density at radius 2 is 1.61 bits per heavy atom. The zero-order chi connectivity index (χ0) is 16.4. The molecule has 0 aliphatic heterocycles. The summed E-state index contributed by atoms with van der Waals surface area (Å²) < 4.78 is 32.8. The molecule has 0 heterocycles. The van der Waals surface area contributed by atoms with E-state index in [1.54, 1.807) is 42.5 Å². The van der Waals surface area contributed by atoms with Crippen LogP contribution in [0.3, 0.4) is 0 Å². The van der Waals surface area contributed by atoms with Crippen LogP contribution in [0.4, 0.5) is 14.5 Å². The number of benzene rings is 3. The highest BCUT2D eigenvalue weighted by molar-refractivity contribution is 6.30. The van der Waals surface area contributed by atoms with E-state index in [9.17, 15) is 8.78 Å². The van der Waals surface area contributed by atoms with Gasteiger partial charge in [0.1, 0.15) is 23.1 Å². The number of nitrogen functional groups attached to an aromatic ring is 1. The number of nitrogens with two attached hydrogens (primary N) is 1. The molecule has 5 heteroatoms. The van der Waals surface area contributed by atoms with Gasteiger partial charge in [0.25, 0.3) is 0 Å². The summed E-state index contributed by atoms with van der Waals surface area (Å²) in [6.45, 7) is 0. The maximum atomic E-state index is 13.5. The summed E-state index contributed by atoms with van der Waals surface area (Å²) in [4.78, 5) is 0. The fourth-order valence-electron chi connectivity index (χ4n) is 2.23. The summed E-state index contributed by atoms with van der Waals surface area (Å²) in [5.74, 6) is -0.436. The summed E-state index contributed by atoms with van der Waals surface area (Å²) in [6, 6.07) is 15.0. The van der Waals surface area contributed by atoms with Crippen LogP contribution in [0.15, 0.2) is 60.7 Å². The topological polar surface area (TPSA) is 35.2 Å². The molecule has 23 heavy (non-hydrogen) atoms. The van der Waals surface area contributed by atoms with Gasteiger partial charge in [-0.25, -0.2) is 8.78 Å². The molecule has 3 aromatic rings. The van der Waals surface area contributed by atoms with Crippen LogP contribution in [-0.4, -0.2) is 0 Å². The van der Waals surface area contributed by atoms with Gasteiger partial charge >= 0.3 is 0 Å². The van der Waals surface area contributed by atoms with Gasteiger partial charge in [0.05, 0.1) is 0 Å². The lowest BCUT2D eigenvalue weighted by atomic mass is 10.0. The summed E-state index contributed by atoms with van der Waals surface area (Å²) in [6.07, 6.45) is 0. The highest BCUT2D eigenvalue weighted by Gasteiger charge is 2.11. The van der Waals surface area contributed by atoms with E-state index in [-0.39, 0.29) is 0 Å². The molecule has 0 fully saturated rings. The molecule has 0 saturated carbocycles. The second-order valence-electron chi connectivity index (χ2n) is 4.97. The number of halogens is 3. The highest BCUT2D eigenvalue weighted by atomic mass is 35.5. The Morgan fingerprint density at radius 1 is 0.870 bits per heavy atom. The predicted octanol–water partition coefficient (Wildman–Crippen LogP) is 5.66. The van der Waals surface area contributed by atoms with Gasteiger partial charge in [-0.15, -0.1) is 0 Å². The summed E-state index contributed by atoms with van der Waals surface area (Å²) in [7, 11) is 0. The lowest BCUT2D eigenvalue weighted by Gasteiger charge is -2.13. The molecule has 0 radical (unpaired) electrons. The second-order valence-corrected chi connectivity index (χ2v) is 5.41. The molecule has 0 bridgehead atoms. The second kappa shape index (κ2) is 6.26. The average Bonchev–Trinajstić information content (AvgIpc) is 2.46. The van der Waals surface area contributed by atoms with Crippen molar-refractivity contribution >= 4 is 17.3 Å². The Morgan fingerprint density at radius 3 is 2.30 bits per heavy atom. The van der Waals surface area contributed by atoms with Crippen LogP contribution in [0.2, 0.25) is 5.02 Å². The Bertz CT molecular complexity index is 847. The normalized spacial score (nSPS) is 10.6. The van der Waals surface area contributed by atoms with Crippen LogP contribution < -0.4 is 10.5 Å². The Labute approximate surface area is 137 Å². The molecule has 116 valence electrons. The first-order valence-corrected chi connectivity index (χ1v) is 7.18. The third-order valence-electron chi connectivity index (χ3n) is 3.20. The number of hydrogen-bond acceptors (Lipinski definition) is 2. The first-order valence-electron chi connectivity index (χ1n) is 6.81. The largest absolute Gasteiger partial charge is 0.457 e. The van der Waals surface area contributed by atoms with Gasteiger partial charge in [-0.05, 0) is 48.0 Å². The van der Waals surface area contributed by atoms with Crippen molar-refractivity contribution in [3.63, 3.8) is 0 Å². The van der Waals surface area contributed by atoms with Crippen molar-refractivity contribution in [2.24, 2.45) is 0 Å². The van der Waals surface area contributed by atoms with E-state index in [1.165, 1.54) is 12.1 Å². The minimum atomic E-state index is -0.662. The van der Waals surface area contributed by atoms with Crippen LogP contribution >= 0.6 is 11.6 Å². The van der Waals surface area contributed by atoms with Crippen molar-refractivity contribution in [1.29, 1.82) is 0 Å². The highest BCUT2D eigenvalue weighted by Crippen LogP contribution is 2.36. The lowest BCUT2D eigenvalue weighted by molar-refractivity contribution is 0.484. The van der Waals surface area contributed by atoms with Gasteiger partial charge in [-0.2, -0.15) is 0 Å². The number of rotatable bonds is 3. The van der Waals surface area contributed by atoms with Crippen molar-refractivity contribution in [3.8, 4) is 22.6 Å². The first kappa shape index (κ1) is 15.3. The number of ether oxygens (including phenoxy) is 1. The predicted molar refractivity (Wildman–Crippen MR) is 87.7 cm³/mol. The first-order chi connectivity index (χ1) is 11.0. The smallest absolute Gasteiger partial charge is 0.137 e. The number of anilines is 1. The summed E-state index contributed by atoms with van der Waals surface area (Å²) in [5.41, 5.74) is 7.16. The zero-order valence-corrected chi connectivity index (χ0v) is 12.6. The molecule has 3 aromatic carbocycles. The standard InChI is InChI=1S/C18H12ClF2NO/c19-12-2-1-3-16(8-12)23-18-10-15(22)4-5-17(18)11-6-13(20)9-14(21)7-11/h1-10H,22H2. The van der Waals surface area contributed by atoms with Crippen molar-refractivity contribution < 1.29 is 13.5 Å². The van der Waals surface area contributed by atoms with Crippen molar-refractivity contribution in [1.82, 2.24) is 0 Å². The molecule has 0 aliphatic carbocycles. The van der Waals surface area contributed by atoms with Crippen LogP contribution in [-0.2, 0) is 0 Å². The Kier molecular flexibility index (Phi) is 4.17. The number of hydrogen-bond donors (Lipinski definition) is 1. The van der Waals surface area contributed by atoms with Gasteiger partial charge in [-0.3, -0.25) is 0 Å². The molecule has 0 unspecified atom stereocenters. The van der Waals surface area contributed by atoms with E-state index in [0.717, 1.165) is 6.07 Å². The quantitative estimate of drug-likeness (QED) is 0.628. The van der Waals surface area contributed by atoms with Gasteiger partial charge in [0.15, 0.2) is 0 Å². The van der Waals surface area contributed by atoms with Crippen molar-refractivity contribution in [2.45, 2.75) is 0 Å². The molecule has 0 spiro atoms. The van der Waals surface area contributed by atoms with Gasteiger partial charge in [0, 0.05) is 28.4 Å². The molecule has 0 saturated heterocycles. The van der Waals surface area contributed by atoms with Crippen LogP contribution in [0.1, 0.15) is 0 Å². The van der Waals surface area contributed by atoms with Gasteiger partial charge in [-0.1, -0.05) is 17.7 Å². The average molecular weight is 332 g/mol. The molecule has 0 atom stereocenters. The van der Waals surface area contributed by atoms with E-state index in [4.69, 9.17) is 22.1 Å². The molecule has 2 nitrogen and oxygen atoms in total. The molecule has 0 amide bonds. The van der Waals surface area contributed by atoms with E-state index >= 15 is 0 Å². The van der Waals surface area contributed by atoms with Crippen LogP contribution in [0.5, 0.6) is 11.5 Å². The van der Waals surface area contributed by atoms with Crippen molar-refractivity contribution in [2.75, 3.05) is 5.73 Å². The molecular formula is C18H12ClF2NO. The molecular weight excluding hydrogens is 320 g/mol. The van der Waals surface area contributed by atoms with Gasteiger partial charge < -0.3 is 10.5 Å². The Balaban J connectivity index is 2.07. The third-order valence-corrected chi connectivity index (χ3v) is 3.44. The van der Waals surface area contributed by atoms with E-state index in [0.29, 0.717) is 33.3 Å². The van der Waals surface area contributed by atoms with E-state index in [2.05, 4.69) is 0 Å². The zero-order valence-electron chi connectivity index (χ0n) is 11.9. The third kappa shape index (κ3) is 3.60. The van der Waals surface area contributed by atoms with Crippen molar-refractivity contribution in [3.05, 3.63) is 77.3 Å². The Hall–Kier alpha value is -2.59. The van der Waals surface area contributed by atoms with E-state index in [1.807, 2.05) is 0 Å². The lowest BCUT2D eigenvalue weighted by Crippen LogP contribution is -1.93. The monoisotopic (exact) mass is 331 g/mol. The van der Waals surface area contributed by atoms with Crippen LogP contribution in [0.25, 0.3) is 11.1 Å². The molecule has 0 aliphatic rings. The molecule has 2 N–H and O–H groups in total. The minimum absolute atomic E-state index is 0.361. The summed E-state index contributed by atoms with van der Waals surface area (Å²) in [5, 5.41) is 0.518. The fourth-order valence-corrected chi connectivity index (χ4v) is 2.41.